The molecule has 0 amide bonds. The summed E-state index contributed by atoms with van der Waals surface area (Å²) in [6, 6.07) is 5.32. The minimum absolute atomic E-state index is 0.0359. The molecular weight excluding hydrogens is 268 g/mol. The van der Waals surface area contributed by atoms with E-state index in [0.717, 1.165) is 12.1 Å². The van der Waals surface area contributed by atoms with Crippen molar-refractivity contribution >= 4 is 11.5 Å². The number of rotatable bonds is 4. The minimum Gasteiger partial charge on any atom is -0.358 e. The SMILES string of the molecule is C[C@H](Nc1ncccc1[N+](=O)[O-])c1ccc(F)cc1F. The summed E-state index contributed by atoms with van der Waals surface area (Å²) in [6.45, 7) is 1.61. The van der Waals surface area contributed by atoms with Gasteiger partial charge in [-0.2, -0.15) is 0 Å². The van der Waals surface area contributed by atoms with Crippen molar-refractivity contribution in [2.24, 2.45) is 0 Å². The van der Waals surface area contributed by atoms with Crippen molar-refractivity contribution in [1.29, 1.82) is 0 Å². The Labute approximate surface area is 113 Å². The van der Waals surface area contributed by atoms with E-state index in [1.807, 2.05) is 0 Å². The topological polar surface area (TPSA) is 68.1 Å². The Morgan fingerprint density at radius 3 is 2.75 bits per heavy atom. The molecule has 0 aliphatic rings. The van der Waals surface area contributed by atoms with E-state index in [1.165, 1.54) is 24.4 Å². The predicted octanol–water partition coefficient (Wildman–Crippen LogP) is 3.44. The van der Waals surface area contributed by atoms with Crippen LogP contribution in [0.2, 0.25) is 0 Å². The number of hydrogen-bond donors (Lipinski definition) is 1. The highest BCUT2D eigenvalue weighted by molar-refractivity contribution is 5.56. The molecule has 2 aromatic rings. The third-order valence-electron chi connectivity index (χ3n) is 2.77. The van der Waals surface area contributed by atoms with Crippen LogP contribution in [0.5, 0.6) is 0 Å². The van der Waals surface area contributed by atoms with Crippen LogP contribution in [0.15, 0.2) is 36.5 Å². The number of benzene rings is 1. The number of nitrogens with one attached hydrogen (secondary N) is 1. The second-order valence-corrected chi connectivity index (χ2v) is 4.16. The summed E-state index contributed by atoms with van der Waals surface area (Å²) in [4.78, 5) is 14.1. The number of pyridine rings is 1. The number of halogens is 2. The maximum Gasteiger partial charge on any atom is 0.311 e. The van der Waals surface area contributed by atoms with Crippen LogP contribution in [0.25, 0.3) is 0 Å². The van der Waals surface area contributed by atoms with Crippen LogP contribution in [0.4, 0.5) is 20.3 Å². The molecule has 20 heavy (non-hydrogen) atoms. The average molecular weight is 279 g/mol. The predicted molar refractivity (Wildman–Crippen MR) is 69.3 cm³/mol. The van der Waals surface area contributed by atoms with E-state index < -0.39 is 22.6 Å². The fourth-order valence-electron chi connectivity index (χ4n) is 1.79. The fraction of sp³-hybridized carbons (Fsp3) is 0.154. The molecule has 104 valence electrons. The van der Waals surface area contributed by atoms with Crippen molar-refractivity contribution in [3.05, 3.63) is 63.8 Å². The Kier molecular flexibility index (Phi) is 3.88. The van der Waals surface area contributed by atoms with Crippen LogP contribution in [-0.4, -0.2) is 9.91 Å². The average Bonchev–Trinajstić information content (AvgIpc) is 2.38. The third-order valence-corrected chi connectivity index (χ3v) is 2.77. The van der Waals surface area contributed by atoms with Crippen molar-refractivity contribution in [2.45, 2.75) is 13.0 Å². The van der Waals surface area contributed by atoms with Crippen molar-refractivity contribution in [3.63, 3.8) is 0 Å². The van der Waals surface area contributed by atoms with Crippen LogP contribution < -0.4 is 5.32 Å². The molecule has 0 saturated heterocycles. The largest absolute Gasteiger partial charge is 0.358 e. The number of nitrogens with zero attached hydrogens (tertiary/aromatic N) is 2. The van der Waals surface area contributed by atoms with E-state index in [1.54, 1.807) is 6.92 Å². The van der Waals surface area contributed by atoms with E-state index in [-0.39, 0.29) is 17.1 Å². The monoisotopic (exact) mass is 279 g/mol. The van der Waals surface area contributed by atoms with Gasteiger partial charge in [0.2, 0.25) is 5.82 Å². The number of hydrogen-bond acceptors (Lipinski definition) is 4. The van der Waals surface area contributed by atoms with Gasteiger partial charge in [0.1, 0.15) is 11.6 Å². The van der Waals surface area contributed by atoms with Gasteiger partial charge in [-0.25, -0.2) is 13.8 Å². The van der Waals surface area contributed by atoms with Gasteiger partial charge >= 0.3 is 5.69 Å². The normalized spacial score (nSPS) is 11.9. The zero-order valence-corrected chi connectivity index (χ0v) is 10.5. The van der Waals surface area contributed by atoms with Gasteiger partial charge in [-0.15, -0.1) is 0 Å². The molecule has 0 radical (unpaired) electrons. The van der Waals surface area contributed by atoms with Gasteiger partial charge in [0.05, 0.1) is 11.0 Å². The van der Waals surface area contributed by atoms with Crippen LogP contribution in [0.1, 0.15) is 18.5 Å². The molecule has 0 unspecified atom stereocenters. The van der Waals surface area contributed by atoms with Crippen LogP contribution in [0, 0.1) is 21.7 Å². The summed E-state index contributed by atoms with van der Waals surface area (Å²) in [5, 5.41) is 13.6. The number of nitro groups is 1. The number of anilines is 1. The molecule has 0 aliphatic heterocycles. The molecule has 1 N–H and O–H groups in total. The van der Waals surface area contributed by atoms with Gasteiger partial charge in [-0.3, -0.25) is 10.1 Å². The van der Waals surface area contributed by atoms with Gasteiger partial charge in [0, 0.05) is 23.9 Å². The van der Waals surface area contributed by atoms with Crippen LogP contribution in [0.3, 0.4) is 0 Å². The quantitative estimate of drug-likeness (QED) is 0.687. The van der Waals surface area contributed by atoms with Gasteiger partial charge in [0.25, 0.3) is 0 Å². The Morgan fingerprint density at radius 1 is 1.35 bits per heavy atom. The van der Waals surface area contributed by atoms with Crippen molar-refractivity contribution in [2.75, 3.05) is 5.32 Å². The molecule has 1 atom stereocenters. The van der Waals surface area contributed by atoms with E-state index >= 15 is 0 Å². The molecule has 0 spiro atoms. The lowest BCUT2D eigenvalue weighted by Crippen LogP contribution is -2.11. The summed E-state index contributed by atoms with van der Waals surface area (Å²) >= 11 is 0. The van der Waals surface area contributed by atoms with Crippen molar-refractivity contribution in [1.82, 2.24) is 4.98 Å². The van der Waals surface area contributed by atoms with E-state index in [9.17, 15) is 18.9 Å². The zero-order chi connectivity index (χ0) is 14.7. The summed E-state index contributed by atoms with van der Waals surface area (Å²) in [5.74, 6) is -1.36. The maximum atomic E-state index is 13.6. The Hall–Kier alpha value is -2.57. The molecule has 1 heterocycles. The smallest absolute Gasteiger partial charge is 0.311 e. The third kappa shape index (κ3) is 2.87. The Morgan fingerprint density at radius 2 is 2.10 bits per heavy atom. The molecule has 0 aliphatic carbocycles. The van der Waals surface area contributed by atoms with Gasteiger partial charge in [-0.05, 0) is 19.1 Å². The Bertz CT molecular complexity index is 649. The fourth-order valence-corrected chi connectivity index (χ4v) is 1.79. The summed E-state index contributed by atoms with van der Waals surface area (Å²) in [6.07, 6.45) is 1.39. The molecule has 7 heteroatoms. The van der Waals surface area contributed by atoms with Gasteiger partial charge in [-0.1, -0.05) is 6.07 Å². The van der Waals surface area contributed by atoms with Gasteiger partial charge in [0.15, 0.2) is 0 Å². The first-order chi connectivity index (χ1) is 9.49. The van der Waals surface area contributed by atoms with E-state index in [2.05, 4.69) is 10.3 Å². The lowest BCUT2D eigenvalue weighted by Gasteiger charge is -2.15. The molecule has 0 saturated carbocycles. The van der Waals surface area contributed by atoms with Gasteiger partial charge < -0.3 is 5.32 Å². The lowest BCUT2D eigenvalue weighted by atomic mass is 10.1. The lowest BCUT2D eigenvalue weighted by molar-refractivity contribution is -0.384. The first kappa shape index (κ1) is 13.9. The molecule has 0 bridgehead atoms. The van der Waals surface area contributed by atoms with Crippen molar-refractivity contribution in [3.8, 4) is 0 Å². The van der Waals surface area contributed by atoms with Crippen LogP contribution >= 0.6 is 0 Å². The second kappa shape index (κ2) is 5.60. The van der Waals surface area contributed by atoms with E-state index in [4.69, 9.17) is 0 Å². The molecule has 0 fully saturated rings. The van der Waals surface area contributed by atoms with Crippen molar-refractivity contribution < 1.29 is 13.7 Å². The molecular formula is C13H11F2N3O2. The number of aromatic nitrogens is 1. The van der Waals surface area contributed by atoms with Crippen LogP contribution in [-0.2, 0) is 0 Å². The first-order valence-electron chi connectivity index (χ1n) is 5.80. The molecule has 5 nitrogen and oxygen atoms in total. The second-order valence-electron chi connectivity index (χ2n) is 4.16. The molecule has 1 aromatic heterocycles. The highest BCUT2D eigenvalue weighted by atomic mass is 19.1. The zero-order valence-electron chi connectivity index (χ0n) is 10.5. The molecule has 1 aromatic carbocycles. The summed E-state index contributed by atoms with van der Waals surface area (Å²) < 4.78 is 26.5. The standard InChI is InChI=1S/C13H11F2N3O2/c1-8(10-5-4-9(14)7-11(10)15)17-13-12(18(19)20)3-2-6-16-13/h2-8H,1H3,(H,16,17)/t8-/m0/s1. The molecule has 2 rings (SSSR count). The summed E-state index contributed by atoms with van der Waals surface area (Å²) in [7, 11) is 0. The summed E-state index contributed by atoms with van der Waals surface area (Å²) in [5.41, 5.74) is -0.00628. The highest BCUT2D eigenvalue weighted by Gasteiger charge is 2.18. The maximum absolute atomic E-state index is 13.6. The highest BCUT2D eigenvalue weighted by Crippen LogP contribution is 2.26. The van der Waals surface area contributed by atoms with E-state index in [0.29, 0.717) is 0 Å². The first-order valence-corrected chi connectivity index (χ1v) is 5.80. The minimum atomic E-state index is -0.719. The Balaban J connectivity index is 2.28.